The van der Waals surface area contributed by atoms with Gasteiger partial charge in [0.25, 0.3) is 0 Å². The summed E-state index contributed by atoms with van der Waals surface area (Å²) in [6.07, 6.45) is 0. The first kappa shape index (κ1) is 43.2. The van der Waals surface area contributed by atoms with Gasteiger partial charge in [-0.15, -0.1) is 0 Å². The summed E-state index contributed by atoms with van der Waals surface area (Å²) in [7, 11) is 1.69. The Morgan fingerprint density at radius 1 is 0.400 bits per heavy atom. The number of methoxy groups -OCH3 is 1. The molecule has 0 unspecified atom stereocenters. The summed E-state index contributed by atoms with van der Waals surface area (Å²) in [5.41, 5.74) is 13.3. The Hall–Kier alpha value is -7.11. The third kappa shape index (κ3) is 9.15. The summed E-state index contributed by atoms with van der Waals surface area (Å²) in [4.78, 5) is 4.49. The van der Waals surface area contributed by atoms with Crippen LogP contribution in [0, 0.1) is 5.82 Å². The van der Waals surface area contributed by atoms with Crippen LogP contribution in [0.15, 0.2) is 212 Å². The van der Waals surface area contributed by atoms with Gasteiger partial charge in [-0.1, -0.05) is 177 Å². The lowest BCUT2D eigenvalue weighted by Gasteiger charge is -2.35. The molecular formula is C59H47Cl2FN2O. The zero-order valence-corrected chi connectivity index (χ0v) is 38.2. The molecule has 9 aromatic carbocycles. The lowest BCUT2D eigenvalue weighted by molar-refractivity contribution is 0.415. The summed E-state index contributed by atoms with van der Waals surface area (Å²) < 4.78 is 21.7. The Morgan fingerprint density at radius 2 is 0.769 bits per heavy atom. The van der Waals surface area contributed by atoms with Crippen LogP contribution in [-0.4, -0.2) is 7.11 Å². The summed E-state index contributed by atoms with van der Waals surface area (Å²) in [5.74, 6) is 0.356. The molecule has 0 aliphatic rings. The van der Waals surface area contributed by atoms with E-state index in [0.29, 0.717) is 21.5 Å². The van der Waals surface area contributed by atoms with Crippen LogP contribution < -0.4 is 14.5 Å². The number of benzene rings is 9. The van der Waals surface area contributed by atoms with Crippen molar-refractivity contribution in [2.75, 3.05) is 16.9 Å². The van der Waals surface area contributed by atoms with Gasteiger partial charge < -0.3 is 14.5 Å². The summed E-state index contributed by atoms with van der Waals surface area (Å²) in [6.45, 7) is 6.66. The number of rotatable bonds is 11. The fourth-order valence-corrected chi connectivity index (χ4v) is 8.93. The summed E-state index contributed by atoms with van der Waals surface area (Å²) >= 11 is 14.2. The Balaban J connectivity index is 1.43. The maximum atomic E-state index is 15.8. The number of hydrogen-bond donors (Lipinski definition) is 0. The van der Waals surface area contributed by atoms with Crippen LogP contribution in [0.4, 0.5) is 38.5 Å². The quantitative estimate of drug-likeness (QED) is 0.129. The zero-order chi connectivity index (χ0) is 45.1. The topological polar surface area (TPSA) is 15.7 Å². The Bertz CT molecular complexity index is 2980. The minimum Gasteiger partial charge on any atom is -0.497 e. The van der Waals surface area contributed by atoms with Crippen molar-refractivity contribution >= 4 is 57.3 Å². The average Bonchev–Trinajstić information content (AvgIpc) is 3.33. The molecule has 0 fully saturated rings. The standard InChI is InChI=1S/C59H47Cl2FN2O/c1-59(2,3)44-31-50(63(48-28-17-27-47(62)37-48)57-53(40-19-9-5-10-20-40)33-45(60)34-54(57)41-21-11-6-12-22-41)38-51(32-44)64(49-29-18-30-52(39-49)65-4)58-55(42-23-13-7-14-24-42)35-46(61)36-56(58)43-25-15-8-16-26-43/h5-39H,1-4H3. The van der Waals surface area contributed by atoms with Gasteiger partial charge in [-0.2, -0.15) is 0 Å². The molecule has 0 bridgehead atoms. The van der Waals surface area contributed by atoms with Crippen molar-refractivity contribution in [2.45, 2.75) is 26.2 Å². The van der Waals surface area contributed by atoms with Crippen LogP contribution in [-0.2, 0) is 5.41 Å². The molecule has 65 heavy (non-hydrogen) atoms. The molecule has 320 valence electrons. The fourth-order valence-electron chi connectivity index (χ4n) is 8.50. The molecule has 0 amide bonds. The molecule has 9 rings (SSSR count). The van der Waals surface area contributed by atoms with Crippen LogP contribution in [0.2, 0.25) is 10.0 Å². The van der Waals surface area contributed by atoms with Gasteiger partial charge in [-0.3, -0.25) is 0 Å². The van der Waals surface area contributed by atoms with Crippen LogP contribution >= 0.6 is 23.2 Å². The van der Waals surface area contributed by atoms with E-state index in [4.69, 9.17) is 27.9 Å². The molecule has 0 aliphatic heterocycles. The highest BCUT2D eigenvalue weighted by Gasteiger charge is 2.29. The van der Waals surface area contributed by atoms with Crippen molar-refractivity contribution in [1.82, 2.24) is 0 Å². The maximum absolute atomic E-state index is 15.8. The van der Waals surface area contributed by atoms with Gasteiger partial charge in [-0.05, 0) is 106 Å². The van der Waals surface area contributed by atoms with Crippen molar-refractivity contribution < 1.29 is 9.13 Å². The van der Waals surface area contributed by atoms with Gasteiger partial charge in [-0.25, -0.2) is 4.39 Å². The van der Waals surface area contributed by atoms with E-state index in [2.05, 4.69) is 109 Å². The molecule has 0 aliphatic carbocycles. The van der Waals surface area contributed by atoms with Crippen molar-refractivity contribution in [2.24, 2.45) is 0 Å². The Labute approximate surface area is 391 Å². The van der Waals surface area contributed by atoms with Gasteiger partial charge in [0, 0.05) is 61.1 Å². The van der Waals surface area contributed by atoms with Crippen molar-refractivity contribution in [3.05, 3.63) is 234 Å². The smallest absolute Gasteiger partial charge is 0.125 e. The molecule has 0 radical (unpaired) electrons. The zero-order valence-electron chi connectivity index (χ0n) is 36.6. The van der Waals surface area contributed by atoms with E-state index < -0.39 is 0 Å². The van der Waals surface area contributed by atoms with E-state index in [1.807, 2.05) is 115 Å². The lowest BCUT2D eigenvalue weighted by Crippen LogP contribution is -2.19. The van der Waals surface area contributed by atoms with Crippen LogP contribution in [0.25, 0.3) is 44.5 Å². The average molecular weight is 890 g/mol. The van der Waals surface area contributed by atoms with Gasteiger partial charge in [0.05, 0.1) is 18.5 Å². The lowest BCUT2D eigenvalue weighted by atomic mass is 9.85. The van der Waals surface area contributed by atoms with E-state index in [1.54, 1.807) is 19.2 Å². The monoisotopic (exact) mass is 888 g/mol. The third-order valence-corrected chi connectivity index (χ3v) is 12.0. The van der Waals surface area contributed by atoms with Crippen molar-refractivity contribution in [3.63, 3.8) is 0 Å². The first-order valence-electron chi connectivity index (χ1n) is 21.6. The number of nitrogens with zero attached hydrogens (tertiary/aromatic N) is 2. The summed E-state index contributed by atoms with van der Waals surface area (Å²) in [5, 5.41) is 1.20. The second-order valence-electron chi connectivity index (χ2n) is 17.0. The Morgan fingerprint density at radius 3 is 1.12 bits per heavy atom. The first-order chi connectivity index (χ1) is 31.6. The predicted molar refractivity (Wildman–Crippen MR) is 273 cm³/mol. The molecule has 0 saturated heterocycles. The molecule has 3 nitrogen and oxygen atoms in total. The van der Waals surface area contributed by atoms with Crippen molar-refractivity contribution in [3.8, 4) is 50.3 Å². The molecule has 0 atom stereocenters. The largest absolute Gasteiger partial charge is 0.497 e. The minimum atomic E-state index is -0.352. The maximum Gasteiger partial charge on any atom is 0.125 e. The second kappa shape index (κ2) is 18.5. The number of anilines is 6. The van der Waals surface area contributed by atoms with E-state index >= 15 is 4.39 Å². The molecule has 6 heteroatoms. The van der Waals surface area contributed by atoms with E-state index in [-0.39, 0.29) is 11.2 Å². The number of halogens is 3. The molecule has 0 heterocycles. The van der Waals surface area contributed by atoms with Crippen molar-refractivity contribution in [1.29, 1.82) is 0 Å². The predicted octanol–water partition coefficient (Wildman–Crippen LogP) is 18.0. The van der Waals surface area contributed by atoms with E-state index in [1.165, 1.54) is 6.07 Å². The SMILES string of the molecule is COc1cccc(N(c2cc(N(c3cccc(F)c3)c3c(-c4ccccc4)cc(Cl)cc3-c3ccccc3)cc(C(C)(C)C)c2)c2c(-c3ccccc3)cc(Cl)cc2-c2ccccc2)c1. The van der Waals surface area contributed by atoms with Gasteiger partial charge >= 0.3 is 0 Å². The highest BCUT2D eigenvalue weighted by Crippen LogP contribution is 2.53. The third-order valence-electron chi connectivity index (χ3n) is 11.6. The summed E-state index contributed by atoms with van der Waals surface area (Å²) in [6, 6.07) is 71.0. The molecule has 9 aromatic rings. The highest BCUT2D eigenvalue weighted by atomic mass is 35.5. The van der Waals surface area contributed by atoms with Crippen LogP contribution in [0.3, 0.4) is 0 Å². The normalized spacial score (nSPS) is 11.3. The van der Waals surface area contributed by atoms with E-state index in [0.717, 1.165) is 78.5 Å². The molecule has 0 spiro atoms. The van der Waals surface area contributed by atoms with E-state index in [9.17, 15) is 0 Å². The van der Waals surface area contributed by atoms with Gasteiger partial charge in [0.15, 0.2) is 0 Å². The molecule has 0 N–H and O–H groups in total. The number of ether oxygens (including phenoxy) is 1. The van der Waals surface area contributed by atoms with Gasteiger partial charge in [0.1, 0.15) is 11.6 Å². The molecule has 0 aromatic heterocycles. The van der Waals surface area contributed by atoms with Gasteiger partial charge in [0.2, 0.25) is 0 Å². The van der Waals surface area contributed by atoms with Crippen LogP contribution in [0.1, 0.15) is 26.3 Å². The second-order valence-corrected chi connectivity index (χ2v) is 17.9. The minimum absolute atomic E-state index is 0.340. The molecular weight excluding hydrogens is 843 g/mol. The highest BCUT2D eigenvalue weighted by molar-refractivity contribution is 6.32. The first-order valence-corrected chi connectivity index (χ1v) is 22.4. The fraction of sp³-hybridized carbons (Fsp3) is 0.0847. The van der Waals surface area contributed by atoms with Crippen LogP contribution in [0.5, 0.6) is 5.75 Å². The Kier molecular flexibility index (Phi) is 12.3. The number of hydrogen-bond acceptors (Lipinski definition) is 3. The molecule has 0 saturated carbocycles.